The number of nitrogens with zero attached hydrogens (tertiary/aromatic N) is 1. The Bertz CT molecular complexity index is 577. The summed E-state index contributed by atoms with van der Waals surface area (Å²) in [4.78, 5) is 10.8. The van der Waals surface area contributed by atoms with E-state index in [-0.39, 0.29) is 5.12 Å². The van der Waals surface area contributed by atoms with Crippen molar-refractivity contribution in [1.82, 2.24) is 10.2 Å². The summed E-state index contributed by atoms with van der Waals surface area (Å²) in [6, 6.07) is 5.99. The van der Waals surface area contributed by atoms with Gasteiger partial charge in [0.1, 0.15) is 0 Å². The number of nitrogens with one attached hydrogen (secondary N) is 1. The van der Waals surface area contributed by atoms with Crippen molar-refractivity contribution in [1.29, 1.82) is 0 Å². The Morgan fingerprint density at radius 3 is 3.18 bits per heavy atom. The monoisotopic (exact) mass is 310 g/mol. The van der Waals surface area contributed by atoms with Crippen LogP contribution in [0.1, 0.15) is 12.6 Å². The lowest BCUT2D eigenvalue weighted by molar-refractivity contribution is -0.109. The molecule has 0 saturated carbocycles. The van der Waals surface area contributed by atoms with Gasteiger partial charge in [-0.25, -0.2) is 0 Å². The number of thioether (sulfide) groups is 1. The highest BCUT2D eigenvalue weighted by atomic mass is 79.9. The van der Waals surface area contributed by atoms with Gasteiger partial charge in [-0.05, 0) is 24.3 Å². The molecule has 0 fully saturated rings. The van der Waals surface area contributed by atoms with Crippen molar-refractivity contribution in [2.45, 2.75) is 6.92 Å². The second-order valence-corrected chi connectivity index (χ2v) is 5.62. The molecule has 0 aliphatic rings. The third-order valence-corrected chi connectivity index (χ3v) is 3.47. The molecule has 0 aliphatic carbocycles. The fraction of sp³-hybridized carbons (Fsp3) is 0.167. The highest BCUT2D eigenvalue weighted by Gasteiger charge is 2.02. The first-order chi connectivity index (χ1) is 8.16. The Morgan fingerprint density at radius 1 is 1.59 bits per heavy atom. The molecule has 0 atom stereocenters. The van der Waals surface area contributed by atoms with E-state index < -0.39 is 0 Å². The number of fused-ring (bicyclic) bond motifs is 1. The van der Waals surface area contributed by atoms with Gasteiger partial charge in [-0.3, -0.25) is 9.89 Å². The van der Waals surface area contributed by atoms with Crippen LogP contribution in [0.3, 0.4) is 0 Å². The van der Waals surface area contributed by atoms with E-state index in [1.54, 1.807) is 6.92 Å². The minimum atomic E-state index is 0.130. The van der Waals surface area contributed by atoms with E-state index in [1.807, 2.05) is 30.4 Å². The Kier molecular flexibility index (Phi) is 4.02. The highest BCUT2D eigenvalue weighted by molar-refractivity contribution is 9.10. The molecule has 1 aromatic carbocycles. The summed E-state index contributed by atoms with van der Waals surface area (Å²) in [5.74, 6) is 0.681. The molecule has 0 aliphatic heterocycles. The Hall–Kier alpha value is -1.07. The normalized spacial score (nSPS) is 11.4. The van der Waals surface area contributed by atoms with Crippen molar-refractivity contribution in [3.63, 3.8) is 0 Å². The van der Waals surface area contributed by atoms with Gasteiger partial charge in [-0.15, -0.1) is 0 Å². The number of hydrogen-bond donors (Lipinski definition) is 1. The molecule has 0 radical (unpaired) electrons. The summed E-state index contributed by atoms with van der Waals surface area (Å²) in [6.07, 6.45) is 3.88. The number of halogens is 1. The fourth-order valence-electron chi connectivity index (χ4n) is 1.47. The van der Waals surface area contributed by atoms with Gasteiger partial charge >= 0.3 is 0 Å². The molecular formula is C12H11BrN2OS. The van der Waals surface area contributed by atoms with E-state index in [1.165, 1.54) is 11.8 Å². The van der Waals surface area contributed by atoms with E-state index >= 15 is 0 Å². The lowest BCUT2D eigenvalue weighted by Crippen LogP contribution is -1.81. The number of hydrogen-bond acceptors (Lipinski definition) is 3. The molecule has 2 aromatic rings. The second-order valence-electron chi connectivity index (χ2n) is 3.50. The minimum Gasteiger partial charge on any atom is -0.288 e. The van der Waals surface area contributed by atoms with Gasteiger partial charge in [0.2, 0.25) is 0 Å². The molecule has 1 N–H and O–H groups in total. The van der Waals surface area contributed by atoms with Crippen LogP contribution < -0.4 is 0 Å². The van der Waals surface area contributed by atoms with Gasteiger partial charge in [0.25, 0.3) is 0 Å². The zero-order valence-corrected chi connectivity index (χ0v) is 11.6. The molecule has 88 valence electrons. The quantitative estimate of drug-likeness (QED) is 0.941. The molecule has 2 rings (SSSR count). The van der Waals surface area contributed by atoms with Crippen molar-refractivity contribution >= 4 is 49.8 Å². The van der Waals surface area contributed by atoms with E-state index in [0.29, 0.717) is 5.75 Å². The molecule has 1 heterocycles. The maximum atomic E-state index is 10.8. The third kappa shape index (κ3) is 3.20. The average molecular weight is 311 g/mol. The zero-order valence-electron chi connectivity index (χ0n) is 9.24. The van der Waals surface area contributed by atoms with E-state index in [9.17, 15) is 4.79 Å². The lowest BCUT2D eigenvalue weighted by Gasteiger charge is -1.91. The number of aromatic amines is 1. The molecule has 0 spiro atoms. The maximum Gasteiger partial charge on any atom is 0.186 e. The smallest absolute Gasteiger partial charge is 0.186 e. The summed E-state index contributed by atoms with van der Waals surface area (Å²) in [7, 11) is 0. The number of carbonyl (C=O) groups excluding carboxylic acids is 1. The van der Waals surface area contributed by atoms with Gasteiger partial charge in [-0.2, -0.15) is 5.10 Å². The van der Waals surface area contributed by atoms with Crippen molar-refractivity contribution in [3.05, 3.63) is 34.4 Å². The molecule has 5 heteroatoms. The number of aromatic nitrogens is 2. The van der Waals surface area contributed by atoms with Crippen LogP contribution in [0.15, 0.2) is 28.7 Å². The first-order valence-corrected chi connectivity index (χ1v) is 6.88. The van der Waals surface area contributed by atoms with Crippen molar-refractivity contribution in [3.8, 4) is 0 Å². The summed E-state index contributed by atoms with van der Waals surface area (Å²) < 4.78 is 1.02. The Balaban J connectivity index is 2.16. The molecule has 0 unspecified atom stereocenters. The van der Waals surface area contributed by atoms with Crippen LogP contribution in [0.2, 0.25) is 0 Å². The summed E-state index contributed by atoms with van der Waals surface area (Å²) >= 11 is 4.70. The number of carbonyl (C=O) groups is 1. The topological polar surface area (TPSA) is 45.8 Å². The molecule has 17 heavy (non-hydrogen) atoms. The zero-order chi connectivity index (χ0) is 12.3. The van der Waals surface area contributed by atoms with Gasteiger partial charge < -0.3 is 0 Å². The highest BCUT2D eigenvalue weighted by Crippen LogP contribution is 2.21. The predicted octanol–water partition coefficient (Wildman–Crippen LogP) is 3.62. The number of rotatable bonds is 3. The molecule has 0 saturated heterocycles. The molecule has 3 nitrogen and oxygen atoms in total. The molecular weight excluding hydrogens is 300 g/mol. The van der Waals surface area contributed by atoms with Crippen molar-refractivity contribution in [2.24, 2.45) is 0 Å². The Morgan fingerprint density at radius 2 is 2.41 bits per heavy atom. The number of benzene rings is 1. The largest absolute Gasteiger partial charge is 0.288 e. The van der Waals surface area contributed by atoms with E-state index in [2.05, 4.69) is 26.1 Å². The molecule has 1 aromatic heterocycles. The van der Waals surface area contributed by atoms with Crippen LogP contribution in [0.4, 0.5) is 0 Å². The van der Waals surface area contributed by atoms with Gasteiger partial charge in [0.05, 0.1) is 11.2 Å². The summed E-state index contributed by atoms with van der Waals surface area (Å²) in [6.45, 7) is 1.57. The maximum absolute atomic E-state index is 10.8. The van der Waals surface area contributed by atoms with Crippen LogP contribution in [0.5, 0.6) is 0 Å². The average Bonchev–Trinajstić information content (AvgIpc) is 2.66. The fourth-order valence-corrected chi connectivity index (χ4v) is 2.25. The van der Waals surface area contributed by atoms with Crippen LogP contribution in [-0.4, -0.2) is 21.1 Å². The predicted molar refractivity (Wildman–Crippen MR) is 76.0 cm³/mol. The van der Waals surface area contributed by atoms with E-state index in [0.717, 1.165) is 21.1 Å². The van der Waals surface area contributed by atoms with E-state index in [4.69, 9.17) is 0 Å². The summed E-state index contributed by atoms with van der Waals surface area (Å²) in [5, 5.41) is 8.41. The SMILES string of the molecule is CC(=O)SCC=Cc1n[nH]c2cc(Br)ccc12. The van der Waals surface area contributed by atoms with Gasteiger partial charge in [0.15, 0.2) is 5.12 Å². The summed E-state index contributed by atoms with van der Waals surface area (Å²) in [5.41, 5.74) is 1.90. The van der Waals surface area contributed by atoms with Crippen LogP contribution in [0, 0.1) is 0 Å². The van der Waals surface area contributed by atoms with Gasteiger partial charge in [0, 0.05) is 22.5 Å². The van der Waals surface area contributed by atoms with Crippen LogP contribution in [0.25, 0.3) is 17.0 Å². The lowest BCUT2D eigenvalue weighted by atomic mass is 10.2. The second kappa shape index (κ2) is 5.51. The first kappa shape index (κ1) is 12.4. The van der Waals surface area contributed by atoms with Crippen LogP contribution in [-0.2, 0) is 4.79 Å². The molecule has 0 amide bonds. The van der Waals surface area contributed by atoms with Crippen molar-refractivity contribution < 1.29 is 4.79 Å². The Labute approximate surface area is 112 Å². The van der Waals surface area contributed by atoms with Crippen LogP contribution >= 0.6 is 27.7 Å². The molecule has 0 bridgehead atoms. The minimum absolute atomic E-state index is 0.130. The van der Waals surface area contributed by atoms with Gasteiger partial charge in [-0.1, -0.05) is 33.8 Å². The standard InChI is InChI=1S/C12H11BrN2OS/c1-8(16)17-6-2-3-11-10-5-4-9(13)7-12(10)15-14-11/h2-5,7H,6H2,1H3,(H,14,15). The number of H-pyrrole nitrogens is 1. The van der Waals surface area contributed by atoms with Crippen molar-refractivity contribution in [2.75, 3.05) is 5.75 Å². The first-order valence-electron chi connectivity index (χ1n) is 5.10. The third-order valence-electron chi connectivity index (χ3n) is 2.21.